The largest absolute Gasteiger partial charge is 0.445 e. The monoisotopic (exact) mass is 1180 g/mol. The topological polar surface area (TPSA) is 119 Å². The number of rotatable bonds is 18. The van der Waals surface area contributed by atoms with E-state index >= 15 is 0 Å². The first-order valence-corrected chi connectivity index (χ1v) is 34.6. The average molecular weight is 1180 g/mol. The van der Waals surface area contributed by atoms with Gasteiger partial charge in [0, 0.05) is 56.5 Å². The van der Waals surface area contributed by atoms with Gasteiger partial charge < -0.3 is 43.1 Å². The molecule has 14 heteroatoms. The van der Waals surface area contributed by atoms with Crippen molar-refractivity contribution in [2.75, 3.05) is 26.3 Å². The first-order valence-electron chi connectivity index (χ1n) is 30.8. The molecule has 4 atom stereocenters. The minimum Gasteiger partial charge on any atom is -0.445 e. The van der Waals surface area contributed by atoms with Crippen molar-refractivity contribution in [3.05, 3.63) is 157 Å². The van der Waals surface area contributed by atoms with E-state index < -0.39 is 27.8 Å². The number of carbonyl (C=O) groups is 3. The lowest BCUT2D eigenvalue weighted by Crippen LogP contribution is -2.66. The van der Waals surface area contributed by atoms with E-state index in [4.69, 9.17) is 23.1 Å². The molecule has 5 aromatic rings. The van der Waals surface area contributed by atoms with Crippen LogP contribution in [-0.2, 0) is 29.7 Å². The van der Waals surface area contributed by atoms with Crippen molar-refractivity contribution in [2.24, 2.45) is 0 Å². The molecule has 2 saturated heterocycles. The lowest BCUT2D eigenvalue weighted by atomic mass is 9.95. The highest BCUT2D eigenvalue weighted by molar-refractivity contribution is 7.00. The second kappa shape index (κ2) is 29.5. The summed E-state index contributed by atoms with van der Waals surface area (Å²) in [5, 5.41) is 8.43. The zero-order valence-electron chi connectivity index (χ0n) is 53.8. The van der Waals surface area contributed by atoms with E-state index in [2.05, 4.69) is 170 Å². The van der Waals surface area contributed by atoms with Gasteiger partial charge in [0.25, 0.3) is 16.6 Å². The SMILES string of the molecule is CC(C)N(C(=O)OCc1ccccc1)[C@@H]1CC[C@H](CCO[Si](c2ccccc2)(c2ccccc2)C(C)(C)C)N(C(=O)OC(C)(C)C)C1.CC(C)N[C@@H]1CC[C@H](CCO[Si](c2ccccc2)(c2ccccc2)C(C)(C)C)N(C(=O)OC(C)(C)C)C1. The second-order valence-corrected chi connectivity index (χ2v) is 36.2. The summed E-state index contributed by atoms with van der Waals surface area (Å²) in [6, 6.07) is 52.8. The Morgan fingerprint density at radius 3 is 1.21 bits per heavy atom. The van der Waals surface area contributed by atoms with Crippen molar-refractivity contribution in [2.45, 2.75) is 213 Å². The van der Waals surface area contributed by atoms with E-state index in [0.717, 1.165) is 37.7 Å². The zero-order chi connectivity index (χ0) is 61.5. The molecule has 0 spiro atoms. The molecule has 0 unspecified atom stereocenters. The van der Waals surface area contributed by atoms with Gasteiger partial charge in [0.05, 0.1) is 6.04 Å². The number of nitrogens with zero attached hydrogens (tertiary/aromatic N) is 3. The summed E-state index contributed by atoms with van der Waals surface area (Å²) in [6.07, 6.45) is 3.96. The van der Waals surface area contributed by atoms with Crippen molar-refractivity contribution in [3.63, 3.8) is 0 Å². The molecule has 1 N–H and O–H groups in total. The molecular weight excluding hydrogens is 1080 g/mol. The van der Waals surface area contributed by atoms with Crippen LogP contribution in [0.25, 0.3) is 0 Å². The zero-order valence-corrected chi connectivity index (χ0v) is 55.8. The van der Waals surface area contributed by atoms with Crippen LogP contribution in [0.15, 0.2) is 152 Å². The van der Waals surface area contributed by atoms with Crippen LogP contribution in [0.1, 0.15) is 155 Å². The smallest absolute Gasteiger partial charge is 0.410 e. The first kappa shape index (κ1) is 67.4. The number of hydrogen-bond donors (Lipinski definition) is 1. The number of ether oxygens (including phenoxy) is 3. The van der Waals surface area contributed by atoms with Gasteiger partial charge >= 0.3 is 18.3 Å². The minimum atomic E-state index is -2.72. The van der Waals surface area contributed by atoms with Gasteiger partial charge in [-0.25, -0.2) is 14.4 Å². The fourth-order valence-electron chi connectivity index (χ4n) is 12.4. The number of benzene rings is 5. The Labute approximate surface area is 507 Å². The lowest BCUT2D eigenvalue weighted by molar-refractivity contribution is -0.0126. The Bertz CT molecular complexity index is 2700. The van der Waals surface area contributed by atoms with Crippen LogP contribution in [0, 0.1) is 0 Å². The Kier molecular flexibility index (Phi) is 23.7. The third kappa shape index (κ3) is 17.9. The Balaban J connectivity index is 0.000000277. The molecule has 7 rings (SSSR count). The molecule has 0 saturated carbocycles. The van der Waals surface area contributed by atoms with Gasteiger partial charge in [0.2, 0.25) is 0 Å². The Hall–Kier alpha value is -5.78. The quantitative estimate of drug-likeness (QED) is 0.0676. The van der Waals surface area contributed by atoms with Crippen LogP contribution < -0.4 is 26.1 Å². The summed E-state index contributed by atoms with van der Waals surface area (Å²) in [5.74, 6) is 0. The van der Waals surface area contributed by atoms with Crippen molar-refractivity contribution in [3.8, 4) is 0 Å². The summed E-state index contributed by atoms with van der Waals surface area (Å²) in [4.78, 5) is 46.0. The van der Waals surface area contributed by atoms with Crippen molar-refractivity contribution >= 4 is 55.7 Å². The lowest BCUT2D eigenvalue weighted by Gasteiger charge is -2.46. The molecule has 2 aliphatic rings. The molecule has 458 valence electrons. The number of piperidine rings is 2. The molecule has 0 bridgehead atoms. The van der Waals surface area contributed by atoms with E-state index in [1.165, 1.54) is 20.7 Å². The second-order valence-electron chi connectivity index (χ2n) is 27.5. The summed E-state index contributed by atoms with van der Waals surface area (Å²) in [6.45, 7) is 35.8. The van der Waals surface area contributed by atoms with Crippen LogP contribution in [-0.4, -0.2) is 123 Å². The standard InChI is InChI=1S/C39H54N2O5Si.C31H48N2O3Si/c1-30(2)41(37(43)44-29-31-18-12-9-13-19-31)33-25-24-32(40(28-33)36(42)46-38(3,4)5)26-27-45-47(39(6,7)8,34-20-14-10-15-21-34)35-22-16-11-17-23-35;1-24(2)32-25-19-20-26(33(23-25)29(34)36-30(3,4)5)21-22-35-37(31(6,7)8,27-15-11-9-12-16-27)28-17-13-10-14-18-28/h9-23,30,32-33H,24-29H2,1-8H3;9-18,24-26,32H,19-23H2,1-8H3/t32-,33-;25-,26-/m11/s1. The van der Waals surface area contributed by atoms with Gasteiger partial charge in [-0.2, -0.15) is 0 Å². The molecule has 12 nitrogen and oxygen atoms in total. The first-order chi connectivity index (χ1) is 39.6. The maximum Gasteiger partial charge on any atom is 0.410 e. The molecule has 0 radical (unpaired) electrons. The summed E-state index contributed by atoms with van der Waals surface area (Å²) in [5.41, 5.74) is -0.234. The van der Waals surface area contributed by atoms with Crippen LogP contribution in [0.5, 0.6) is 0 Å². The van der Waals surface area contributed by atoms with E-state index in [1.807, 2.05) is 108 Å². The van der Waals surface area contributed by atoms with E-state index in [1.54, 1.807) is 4.90 Å². The number of likely N-dealkylation sites (tertiary alicyclic amines) is 2. The number of nitrogens with one attached hydrogen (secondary N) is 1. The molecule has 2 fully saturated rings. The fourth-order valence-corrected chi connectivity index (χ4v) is 21.5. The van der Waals surface area contributed by atoms with Crippen molar-refractivity contribution < 1.29 is 37.4 Å². The maximum atomic E-state index is 13.7. The molecule has 84 heavy (non-hydrogen) atoms. The summed E-state index contributed by atoms with van der Waals surface area (Å²) >= 11 is 0. The van der Waals surface area contributed by atoms with Gasteiger partial charge in [-0.05, 0) is 130 Å². The Morgan fingerprint density at radius 2 is 0.869 bits per heavy atom. The molecule has 3 amide bonds. The van der Waals surface area contributed by atoms with Crippen LogP contribution in [0.2, 0.25) is 10.1 Å². The van der Waals surface area contributed by atoms with E-state index in [-0.39, 0.29) is 65.2 Å². The van der Waals surface area contributed by atoms with Crippen LogP contribution >= 0.6 is 0 Å². The minimum absolute atomic E-state index is 0.0700. The van der Waals surface area contributed by atoms with E-state index in [9.17, 15) is 14.4 Å². The number of carbonyl (C=O) groups excluding carboxylic acids is 3. The van der Waals surface area contributed by atoms with Gasteiger partial charge in [-0.15, -0.1) is 0 Å². The molecule has 5 aromatic carbocycles. The highest BCUT2D eigenvalue weighted by atomic mass is 28.4. The molecule has 2 heterocycles. The van der Waals surface area contributed by atoms with Gasteiger partial charge in [-0.3, -0.25) is 0 Å². The summed E-state index contributed by atoms with van der Waals surface area (Å²) in [7, 11) is -5.33. The third-order valence-electron chi connectivity index (χ3n) is 16.0. The highest BCUT2D eigenvalue weighted by Gasteiger charge is 2.52. The fraction of sp³-hybridized carbons (Fsp3) is 0.529. The van der Waals surface area contributed by atoms with Crippen LogP contribution in [0.3, 0.4) is 0 Å². The number of amides is 3. The highest BCUT2D eigenvalue weighted by Crippen LogP contribution is 2.39. The molecular formula is C70H102N4O8Si2. The normalized spacial score (nSPS) is 18.2. The van der Waals surface area contributed by atoms with Crippen molar-refractivity contribution in [1.82, 2.24) is 20.0 Å². The predicted octanol–water partition coefficient (Wildman–Crippen LogP) is 13.5. The average Bonchev–Trinajstić information content (AvgIpc) is 1.07. The van der Waals surface area contributed by atoms with Gasteiger partial charge in [0.1, 0.15) is 17.8 Å². The molecule has 0 aliphatic carbocycles. The molecule has 0 aromatic heterocycles. The molecule has 2 aliphatic heterocycles. The number of hydrogen-bond acceptors (Lipinski definition) is 9. The predicted molar refractivity (Wildman–Crippen MR) is 348 cm³/mol. The van der Waals surface area contributed by atoms with Crippen molar-refractivity contribution in [1.29, 1.82) is 0 Å². The Morgan fingerprint density at radius 1 is 0.512 bits per heavy atom. The maximum absolute atomic E-state index is 13.7. The summed E-state index contributed by atoms with van der Waals surface area (Å²) < 4.78 is 31.8. The van der Waals surface area contributed by atoms with Crippen LogP contribution in [0.4, 0.5) is 14.4 Å². The van der Waals surface area contributed by atoms with Gasteiger partial charge in [-0.1, -0.05) is 207 Å². The van der Waals surface area contributed by atoms with E-state index in [0.29, 0.717) is 38.8 Å². The van der Waals surface area contributed by atoms with Gasteiger partial charge in [0.15, 0.2) is 0 Å². The third-order valence-corrected chi connectivity index (χ3v) is 26.0.